The van der Waals surface area contributed by atoms with E-state index in [-0.39, 0.29) is 18.9 Å². The van der Waals surface area contributed by atoms with E-state index in [1.54, 1.807) is 50.2 Å². The molecule has 1 aromatic carbocycles. The van der Waals surface area contributed by atoms with Crippen LogP contribution in [0.25, 0.3) is 0 Å². The fourth-order valence-electron chi connectivity index (χ4n) is 2.19. The van der Waals surface area contributed by atoms with Crippen LogP contribution in [0.15, 0.2) is 41.0 Å². The Balaban J connectivity index is 1.84. The second-order valence-electron chi connectivity index (χ2n) is 5.97. The van der Waals surface area contributed by atoms with Gasteiger partial charge < -0.3 is 25.1 Å². The highest BCUT2D eigenvalue weighted by atomic mass is 19.1. The number of nitrogens with zero attached hydrogens (tertiary/aromatic N) is 1. The van der Waals surface area contributed by atoms with E-state index >= 15 is 0 Å². The predicted octanol–water partition coefficient (Wildman–Crippen LogP) is 2.19. The SMILES string of the molecule is CN(C)c1ccc(CNC(=O)NCC(C)(O)c2ccco2)cc1F. The lowest BCUT2D eigenvalue weighted by Crippen LogP contribution is -2.43. The quantitative estimate of drug-likeness (QED) is 0.756. The molecular weight excluding hydrogens is 313 g/mol. The summed E-state index contributed by atoms with van der Waals surface area (Å²) in [4.78, 5) is 13.5. The summed E-state index contributed by atoms with van der Waals surface area (Å²) in [7, 11) is 3.52. The van der Waals surface area contributed by atoms with E-state index in [0.29, 0.717) is 17.0 Å². The van der Waals surface area contributed by atoms with Crippen molar-refractivity contribution < 1.29 is 18.7 Å². The summed E-state index contributed by atoms with van der Waals surface area (Å²) >= 11 is 0. The van der Waals surface area contributed by atoms with Gasteiger partial charge in [-0.1, -0.05) is 6.07 Å². The standard InChI is InChI=1S/C17H22FN3O3/c1-17(23,15-5-4-8-24-15)11-20-16(22)19-10-12-6-7-14(21(2)3)13(18)9-12/h4-9,23H,10-11H2,1-3H3,(H2,19,20,22). The van der Waals surface area contributed by atoms with Crippen LogP contribution in [0.5, 0.6) is 0 Å². The average molecular weight is 335 g/mol. The van der Waals surface area contributed by atoms with Crippen molar-refractivity contribution in [3.05, 3.63) is 53.7 Å². The van der Waals surface area contributed by atoms with Gasteiger partial charge in [-0.25, -0.2) is 9.18 Å². The number of rotatable bonds is 6. The lowest BCUT2D eigenvalue weighted by molar-refractivity contribution is 0.0367. The number of halogens is 1. The first-order chi connectivity index (χ1) is 11.3. The normalized spacial score (nSPS) is 13.2. The largest absolute Gasteiger partial charge is 0.466 e. The topological polar surface area (TPSA) is 77.7 Å². The molecule has 0 radical (unpaired) electrons. The first-order valence-corrected chi connectivity index (χ1v) is 7.53. The highest BCUT2D eigenvalue weighted by Gasteiger charge is 2.26. The molecule has 0 aliphatic heterocycles. The Morgan fingerprint density at radius 2 is 2.08 bits per heavy atom. The van der Waals surface area contributed by atoms with Crippen molar-refractivity contribution in [2.24, 2.45) is 0 Å². The molecule has 1 atom stereocenters. The van der Waals surface area contributed by atoms with E-state index in [1.807, 2.05) is 0 Å². The van der Waals surface area contributed by atoms with Crippen molar-refractivity contribution in [3.8, 4) is 0 Å². The van der Waals surface area contributed by atoms with Crippen LogP contribution in [0.1, 0.15) is 18.2 Å². The molecule has 0 saturated carbocycles. The fraction of sp³-hybridized carbons (Fsp3) is 0.353. The number of carbonyl (C=O) groups is 1. The Bertz CT molecular complexity index is 684. The number of aliphatic hydroxyl groups is 1. The molecule has 130 valence electrons. The molecule has 2 amide bonds. The minimum Gasteiger partial charge on any atom is -0.466 e. The zero-order valence-electron chi connectivity index (χ0n) is 14.0. The maximum Gasteiger partial charge on any atom is 0.315 e. The van der Waals surface area contributed by atoms with Gasteiger partial charge in [-0.3, -0.25) is 0 Å². The van der Waals surface area contributed by atoms with E-state index in [2.05, 4.69) is 10.6 Å². The number of hydrogen-bond donors (Lipinski definition) is 3. The molecule has 6 nitrogen and oxygen atoms in total. The summed E-state index contributed by atoms with van der Waals surface area (Å²) in [6.07, 6.45) is 1.45. The van der Waals surface area contributed by atoms with E-state index in [9.17, 15) is 14.3 Å². The molecule has 0 aliphatic rings. The Hall–Kier alpha value is -2.54. The van der Waals surface area contributed by atoms with Crippen LogP contribution in [0.4, 0.5) is 14.9 Å². The zero-order valence-corrected chi connectivity index (χ0v) is 14.0. The van der Waals surface area contributed by atoms with Crippen molar-refractivity contribution in [2.75, 3.05) is 25.5 Å². The van der Waals surface area contributed by atoms with E-state index in [1.165, 1.54) is 12.3 Å². The first kappa shape index (κ1) is 17.8. The van der Waals surface area contributed by atoms with Crippen LogP contribution in [-0.2, 0) is 12.1 Å². The summed E-state index contributed by atoms with van der Waals surface area (Å²) in [5, 5.41) is 15.4. The minimum atomic E-state index is -1.31. The van der Waals surface area contributed by atoms with Gasteiger partial charge >= 0.3 is 6.03 Å². The maximum atomic E-state index is 13.9. The van der Waals surface area contributed by atoms with Crippen LogP contribution in [0.2, 0.25) is 0 Å². The summed E-state index contributed by atoms with van der Waals surface area (Å²) in [6, 6.07) is 7.63. The Morgan fingerprint density at radius 1 is 1.33 bits per heavy atom. The maximum absolute atomic E-state index is 13.9. The third kappa shape index (κ3) is 4.48. The van der Waals surface area contributed by atoms with Gasteiger partial charge in [0.1, 0.15) is 17.2 Å². The van der Waals surface area contributed by atoms with Crippen molar-refractivity contribution >= 4 is 11.7 Å². The molecule has 3 N–H and O–H groups in total. The lowest BCUT2D eigenvalue weighted by Gasteiger charge is -2.21. The second kappa shape index (κ2) is 7.35. The van der Waals surface area contributed by atoms with Crippen molar-refractivity contribution in [1.82, 2.24) is 10.6 Å². The van der Waals surface area contributed by atoms with Crippen LogP contribution < -0.4 is 15.5 Å². The molecule has 0 bridgehead atoms. The first-order valence-electron chi connectivity index (χ1n) is 7.53. The van der Waals surface area contributed by atoms with Crippen LogP contribution in [-0.4, -0.2) is 31.8 Å². The van der Waals surface area contributed by atoms with Crippen LogP contribution >= 0.6 is 0 Å². The van der Waals surface area contributed by atoms with Crippen molar-refractivity contribution in [3.63, 3.8) is 0 Å². The number of urea groups is 1. The smallest absolute Gasteiger partial charge is 0.315 e. The summed E-state index contributed by atoms with van der Waals surface area (Å²) in [5.74, 6) is 0.0182. The Labute approximate surface area is 140 Å². The van der Waals surface area contributed by atoms with Crippen LogP contribution in [0, 0.1) is 5.82 Å². The third-order valence-corrected chi connectivity index (χ3v) is 3.59. The molecule has 1 aromatic heterocycles. The lowest BCUT2D eigenvalue weighted by atomic mass is 10.0. The Kier molecular flexibility index (Phi) is 5.46. The van der Waals surface area contributed by atoms with Gasteiger partial charge in [-0.15, -0.1) is 0 Å². The van der Waals surface area contributed by atoms with E-state index in [4.69, 9.17) is 4.42 Å². The van der Waals surface area contributed by atoms with Gasteiger partial charge in [-0.05, 0) is 36.8 Å². The van der Waals surface area contributed by atoms with E-state index in [0.717, 1.165) is 0 Å². The highest BCUT2D eigenvalue weighted by Crippen LogP contribution is 2.20. The monoisotopic (exact) mass is 335 g/mol. The molecule has 1 unspecified atom stereocenters. The number of carbonyl (C=O) groups excluding carboxylic acids is 1. The molecule has 0 aliphatic carbocycles. The van der Waals surface area contributed by atoms with Gasteiger partial charge in [0.25, 0.3) is 0 Å². The predicted molar refractivity (Wildman–Crippen MR) is 89.2 cm³/mol. The molecule has 24 heavy (non-hydrogen) atoms. The third-order valence-electron chi connectivity index (χ3n) is 3.59. The number of nitrogens with one attached hydrogen (secondary N) is 2. The van der Waals surface area contributed by atoms with Gasteiger partial charge in [0.2, 0.25) is 0 Å². The van der Waals surface area contributed by atoms with Crippen molar-refractivity contribution in [2.45, 2.75) is 19.1 Å². The molecule has 2 aromatic rings. The highest BCUT2D eigenvalue weighted by molar-refractivity contribution is 5.73. The molecule has 1 heterocycles. The van der Waals surface area contributed by atoms with Crippen molar-refractivity contribution in [1.29, 1.82) is 0 Å². The molecule has 0 spiro atoms. The molecular formula is C17H22FN3O3. The number of anilines is 1. The van der Waals surface area contributed by atoms with Gasteiger partial charge in [0.05, 0.1) is 18.5 Å². The number of amides is 2. The average Bonchev–Trinajstić information content (AvgIpc) is 3.06. The van der Waals surface area contributed by atoms with Gasteiger partial charge in [0.15, 0.2) is 0 Å². The molecule has 2 rings (SSSR count). The molecule has 0 fully saturated rings. The number of furan rings is 1. The van der Waals surface area contributed by atoms with Crippen LogP contribution in [0.3, 0.4) is 0 Å². The molecule has 7 heteroatoms. The summed E-state index contributed by atoms with van der Waals surface area (Å²) in [5.41, 5.74) is -0.177. The van der Waals surface area contributed by atoms with Gasteiger partial charge in [0, 0.05) is 20.6 Å². The molecule has 0 saturated heterocycles. The summed E-state index contributed by atoms with van der Waals surface area (Å²) < 4.78 is 19.0. The Morgan fingerprint density at radius 3 is 2.67 bits per heavy atom. The van der Waals surface area contributed by atoms with E-state index < -0.39 is 11.6 Å². The zero-order chi connectivity index (χ0) is 17.7. The van der Waals surface area contributed by atoms with Gasteiger partial charge in [-0.2, -0.15) is 0 Å². The minimum absolute atomic E-state index is 0.0136. The summed E-state index contributed by atoms with van der Waals surface area (Å²) in [6.45, 7) is 1.71. The number of benzene rings is 1. The number of hydrogen-bond acceptors (Lipinski definition) is 4. The second-order valence-corrected chi connectivity index (χ2v) is 5.97. The fourth-order valence-corrected chi connectivity index (χ4v) is 2.19.